The molecule has 5 nitrogen and oxygen atoms in total. The van der Waals surface area contributed by atoms with Crippen molar-refractivity contribution in [3.05, 3.63) is 63.8 Å². The van der Waals surface area contributed by atoms with Crippen LogP contribution in [-0.4, -0.2) is 42.4 Å². The molecule has 0 aliphatic carbocycles. The van der Waals surface area contributed by atoms with Crippen molar-refractivity contribution in [1.29, 1.82) is 0 Å². The van der Waals surface area contributed by atoms with Crippen LogP contribution >= 0.6 is 11.6 Å². The Labute approximate surface area is 193 Å². The fourth-order valence-electron chi connectivity index (χ4n) is 4.14. The minimum Gasteiger partial charge on any atom is -0.494 e. The molecule has 0 radical (unpaired) electrons. The molecule has 1 N–H and O–H groups in total. The third-order valence-corrected chi connectivity index (χ3v) is 6.36. The van der Waals surface area contributed by atoms with Gasteiger partial charge >= 0.3 is 0 Å². The van der Waals surface area contributed by atoms with Gasteiger partial charge in [0.05, 0.1) is 23.1 Å². The van der Waals surface area contributed by atoms with Crippen molar-refractivity contribution in [2.75, 3.05) is 26.2 Å². The van der Waals surface area contributed by atoms with Crippen molar-refractivity contribution in [2.45, 2.75) is 44.6 Å². The number of nitrogens with zero attached hydrogens (tertiary/aromatic N) is 1. The van der Waals surface area contributed by atoms with Gasteiger partial charge in [-0.15, -0.1) is 0 Å². The Morgan fingerprint density at radius 3 is 2.62 bits per heavy atom. The molecule has 1 aromatic heterocycles. The average Bonchev–Trinajstić information content (AvgIpc) is 2.80. The Morgan fingerprint density at radius 2 is 1.81 bits per heavy atom. The second-order valence-electron chi connectivity index (χ2n) is 8.45. The Hall–Kier alpha value is -2.34. The number of aliphatic hydroxyl groups excluding tert-OH is 1. The molecule has 0 saturated carbocycles. The molecular weight excluding hydrogens is 426 g/mol. The van der Waals surface area contributed by atoms with Crippen molar-refractivity contribution < 1.29 is 14.3 Å². The van der Waals surface area contributed by atoms with Crippen LogP contribution in [0.2, 0.25) is 5.02 Å². The van der Waals surface area contributed by atoms with E-state index in [0.717, 1.165) is 45.3 Å². The van der Waals surface area contributed by atoms with Crippen molar-refractivity contribution in [1.82, 2.24) is 4.90 Å². The molecule has 0 amide bonds. The molecule has 170 valence electrons. The Morgan fingerprint density at radius 1 is 1.03 bits per heavy atom. The molecule has 4 rings (SSSR count). The number of aliphatic hydroxyl groups is 1. The maximum Gasteiger partial charge on any atom is 0.193 e. The highest BCUT2D eigenvalue weighted by atomic mass is 35.5. The van der Waals surface area contributed by atoms with E-state index >= 15 is 0 Å². The van der Waals surface area contributed by atoms with Gasteiger partial charge in [0.15, 0.2) is 5.43 Å². The van der Waals surface area contributed by atoms with E-state index < -0.39 is 0 Å². The zero-order chi connectivity index (χ0) is 22.3. The molecule has 1 aliphatic rings. The lowest BCUT2D eigenvalue weighted by molar-refractivity contribution is 0.0817. The summed E-state index contributed by atoms with van der Waals surface area (Å²) in [6.07, 6.45) is 6.16. The number of rotatable bonds is 9. The first-order valence-corrected chi connectivity index (χ1v) is 11.8. The summed E-state index contributed by atoms with van der Waals surface area (Å²) < 4.78 is 11.8. The quantitative estimate of drug-likeness (QED) is 0.431. The molecule has 0 spiro atoms. The molecule has 32 heavy (non-hydrogen) atoms. The first-order valence-electron chi connectivity index (χ1n) is 11.5. The van der Waals surface area contributed by atoms with E-state index in [-0.39, 0.29) is 11.5 Å². The summed E-state index contributed by atoms with van der Waals surface area (Å²) in [6.45, 7) is 3.77. The van der Waals surface area contributed by atoms with E-state index in [2.05, 4.69) is 4.90 Å². The zero-order valence-corrected chi connectivity index (χ0v) is 19.0. The van der Waals surface area contributed by atoms with Crippen molar-refractivity contribution >= 4 is 22.6 Å². The molecule has 0 unspecified atom stereocenters. The van der Waals surface area contributed by atoms with Crippen LogP contribution in [-0.2, 0) is 0 Å². The van der Waals surface area contributed by atoms with Gasteiger partial charge in [-0.3, -0.25) is 4.79 Å². The van der Waals surface area contributed by atoms with Crippen LogP contribution in [0.25, 0.3) is 22.3 Å². The molecule has 2 heterocycles. The van der Waals surface area contributed by atoms with Crippen LogP contribution in [0, 0.1) is 0 Å². The van der Waals surface area contributed by atoms with Gasteiger partial charge in [0.2, 0.25) is 0 Å². The van der Waals surface area contributed by atoms with E-state index in [1.807, 2.05) is 24.3 Å². The molecular formula is C26H30ClNO4. The standard InChI is InChI=1S/C26H30ClNO4/c27-23-8-4-3-7-21(23)26-18-24(30)22-17-20(9-10-25(22)32-26)31-16-6-2-1-5-13-28-14-11-19(29)12-15-28/h3-4,7-10,17-19,29H,1-2,5-6,11-16H2. The maximum atomic E-state index is 12.7. The van der Waals surface area contributed by atoms with Gasteiger partial charge in [0.1, 0.15) is 17.1 Å². The van der Waals surface area contributed by atoms with Crippen molar-refractivity contribution in [2.24, 2.45) is 0 Å². The van der Waals surface area contributed by atoms with E-state index in [4.69, 9.17) is 20.8 Å². The number of unbranched alkanes of at least 4 members (excludes halogenated alkanes) is 3. The summed E-state index contributed by atoms with van der Waals surface area (Å²) in [5, 5.41) is 10.6. The normalized spacial score (nSPS) is 15.3. The molecule has 0 atom stereocenters. The third kappa shape index (κ3) is 5.91. The molecule has 3 aromatic rings. The van der Waals surface area contributed by atoms with Gasteiger partial charge in [-0.2, -0.15) is 0 Å². The summed E-state index contributed by atoms with van der Waals surface area (Å²) in [6, 6.07) is 14.2. The zero-order valence-electron chi connectivity index (χ0n) is 18.3. The van der Waals surface area contributed by atoms with Crippen LogP contribution in [0.15, 0.2) is 57.7 Å². The fraction of sp³-hybridized carbons (Fsp3) is 0.423. The molecule has 1 fully saturated rings. The van der Waals surface area contributed by atoms with E-state index in [9.17, 15) is 9.90 Å². The monoisotopic (exact) mass is 455 g/mol. The lowest BCUT2D eigenvalue weighted by atomic mass is 10.1. The number of ether oxygens (including phenoxy) is 1. The topological polar surface area (TPSA) is 62.9 Å². The largest absolute Gasteiger partial charge is 0.494 e. The first kappa shape index (κ1) is 22.8. The van der Waals surface area contributed by atoms with Crippen LogP contribution < -0.4 is 10.2 Å². The lowest BCUT2D eigenvalue weighted by Gasteiger charge is -2.29. The highest BCUT2D eigenvalue weighted by Gasteiger charge is 2.16. The van der Waals surface area contributed by atoms with Gasteiger partial charge in [-0.05, 0) is 62.6 Å². The molecule has 0 bridgehead atoms. The van der Waals surface area contributed by atoms with Crippen molar-refractivity contribution in [3.8, 4) is 17.1 Å². The smallest absolute Gasteiger partial charge is 0.193 e. The average molecular weight is 456 g/mol. The Kier molecular flexibility index (Phi) is 7.85. The highest BCUT2D eigenvalue weighted by molar-refractivity contribution is 6.33. The predicted octanol–water partition coefficient (Wildman–Crippen LogP) is 5.51. The van der Waals surface area contributed by atoms with Crippen LogP contribution in [0.3, 0.4) is 0 Å². The number of hydrogen-bond donors (Lipinski definition) is 1. The Bertz CT molecular complexity index is 1090. The van der Waals surface area contributed by atoms with Crippen LogP contribution in [0.4, 0.5) is 0 Å². The first-order chi connectivity index (χ1) is 15.6. The fourth-order valence-corrected chi connectivity index (χ4v) is 4.37. The van der Waals surface area contributed by atoms with Crippen molar-refractivity contribution in [3.63, 3.8) is 0 Å². The Balaban J connectivity index is 1.25. The van der Waals surface area contributed by atoms with Gasteiger partial charge in [-0.1, -0.05) is 36.6 Å². The second-order valence-corrected chi connectivity index (χ2v) is 8.86. The number of piperidine rings is 1. The number of benzene rings is 2. The lowest BCUT2D eigenvalue weighted by Crippen LogP contribution is -2.36. The van der Waals surface area contributed by atoms with E-state index in [1.54, 1.807) is 18.2 Å². The minimum absolute atomic E-state index is 0.103. The van der Waals surface area contributed by atoms with Gasteiger partial charge < -0.3 is 19.2 Å². The van der Waals surface area contributed by atoms with Gasteiger partial charge in [0, 0.05) is 24.7 Å². The maximum absolute atomic E-state index is 12.7. The summed E-state index contributed by atoms with van der Waals surface area (Å²) >= 11 is 6.24. The second kappa shape index (κ2) is 11.0. The van der Waals surface area contributed by atoms with Gasteiger partial charge in [0.25, 0.3) is 0 Å². The van der Waals surface area contributed by atoms with Crippen LogP contribution in [0.1, 0.15) is 38.5 Å². The minimum atomic E-state index is -0.114. The summed E-state index contributed by atoms with van der Waals surface area (Å²) in [4.78, 5) is 15.1. The molecule has 6 heteroatoms. The summed E-state index contributed by atoms with van der Waals surface area (Å²) in [7, 11) is 0. The highest BCUT2D eigenvalue weighted by Crippen LogP contribution is 2.29. The number of halogens is 1. The van der Waals surface area contributed by atoms with E-state index in [0.29, 0.717) is 39.7 Å². The molecule has 1 aliphatic heterocycles. The number of likely N-dealkylation sites (tertiary alicyclic amines) is 1. The molecule has 1 saturated heterocycles. The number of hydrogen-bond acceptors (Lipinski definition) is 5. The molecule has 2 aromatic carbocycles. The number of fused-ring (bicyclic) bond motifs is 1. The van der Waals surface area contributed by atoms with E-state index in [1.165, 1.54) is 18.9 Å². The van der Waals surface area contributed by atoms with Crippen LogP contribution in [0.5, 0.6) is 5.75 Å². The third-order valence-electron chi connectivity index (χ3n) is 6.03. The summed E-state index contributed by atoms with van der Waals surface area (Å²) in [5.74, 6) is 1.14. The predicted molar refractivity (Wildman–Crippen MR) is 129 cm³/mol. The van der Waals surface area contributed by atoms with Gasteiger partial charge in [-0.25, -0.2) is 0 Å². The SMILES string of the molecule is O=c1cc(-c2ccccc2Cl)oc2ccc(OCCCCCCN3CCC(O)CC3)cc12. The summed E-state index contributed by atoms with van der Waals surface area (Å²) in [5.41, 5.74) is 1.10.